The molecule has 74 valence electrons. The van der Waals surface area contributed by atoms with Gasteiger partial charge < -0.3 is 10.5 Å². The number of hydrogen-bond acceptors (Lipinski definition) is 3. The summed E-state index contributed by atoms with van der Waals surface area (Å²) in [6.45, 7) is 0.499. The van der Waals surface area contributed by atoms with Crippen LogP contribution in [0.25, 0.3) is 10.9 Å². The monoisotopic (exact) mass is 191 g/mol. The van der Waals surface area contributed by atoms with Gasteiger partial charge in [0.2, 0.25) is 0 Å². The summed E-state index contributed by atoms with van der Waals surface area (Å²) in [7, 11) is 3.54. The van der Waals surface area contributed by atoms with E-state index in [0.717, 1.165) is 22.3 Å². The minimum Gasteiger partial charge on any atom is -0.497 e. The maximum absolute atomic E-state index is 5.64. The number of aromatic nitrogens is 2. The van der Waals surface area contributed by atoms with E-state index in [4.69, 9.17) is 10.5 Å². The number of aryl methyl sites for hydroxylation is 1. The largest absolute Gasteiger partial charge is 0.497 e. The van der Waals surface area contributed by atoms with E-state index >= 15 is 0 Å². The second-order valence-electron chi connectivity index (χ2n) is 3.16. The van der Waals surface area contributed by atoms with Crippen molar-refractivity contribution in [2.45, 2.75) is 6.54 Å². The smallest absolute Gasteiger partial charge is 0.121 e. The maximum Gasteiger partial charge on any atom is 0.121 e. The van der Waals surface area contributed by atoms with E-state index < -0.39 is 0 Å². The number of nitrogens with two attached hydrogens (primary N) is 1. The van der Waals surface area contributed by atoms with Gasteiger partial charge in [-0.3, -0.25) is 4.68 Å². The predicted octanol–water partition coefficient (Wildman–Crippen LogP) is 1.04. The van der Waals surface area contributed by atoms with E-state index in [1.165, 1.54) is 0 Å². The molecule has 1 aromatic heterocycles. The van der Waals surface area contributed by atoms with Crippen molar-refractivity contribution >= 4 is 10.9 Å². The van der Waals surface area contributed by atoms with Crippen molar-refractivity contribution in [2.24, 2.45) is 12.8 Å². The third kappa shape index (κ3) is 1.24. The lowest BCUT2D eigenvalue weighted by Gasteiger charge is -1.98. The Labute approximate surface area is 82.3 Å². The lowest BCUT2D eigenvalue weighted by molar-refractivity contribution is 0.415. The van der Waals surface area contributed by atoms with Gasteiger partial charge in [0.15, 0.2) is 0 Å². The highest BCUT2D eigenvalue weighted by atomic mass is 16.5. The SMILES string of the molecule is COc1ccc2c(CN)n(C)nc2c1. The number of methoxy groups -OCH3 is 1. The Morgan fingerprint density at radius 1 is 1.50 bits per heavy atom. The molecule has 2 aromatic rings. The van der Waals surface area contributed by atoms with Crippen molar-refractivity contribution in [1.29, 1.82) is 0 Å². The van der Waals surface area contributed by atoms with Crippen LogP contribution in [0.3, 0.4) is 0 Å². The van der Waals surface area contributed by atoms with Crippen LogP contribution in [-0.2, 0) is 13.6 Å². The van der Waals surface area contributed by atoms with Gasteiger partial charge in [-0.05, 0) is 12.1 Å². The van der Waals surface area contributed by atoms with Crippen LogP contribution >= 0.6 is 0 Å². The lowest BCUT2D eigenvalue weighted by atomic mass is 10.2. The van der Waals surface area contributed by atoms with E-state index in [2.05, 4.69) is 5.10 Å². The van der Waals surface area contributed by atoms with Gasteiger partial charge in [0, 0.05) is 25.0 Å². The fraction of sp³-hybridized carbons (Fsp3) is 0.300. The average Bonchev–Trinajstić information content (AvgIpc) is 2.51. The van der Waals surface area contributed by atoms with Crippen molar-refractivity contribution in [2.75, 3.05) is 7.11 Å². The Bertz CT molecular complexity index is 462. The zero-order chi connectivity index (χ0) is 10.1. The Morgan fingerprint density at radius 2 is 2.29 bits per heavy atom. The molecule has 0 saturated carbocycles. The van der Waals surface area contributed by atoms with Gasteiger partial charge in [-0.15, -0.1) is 0 Å². The highest BCUT2D eigenvalue weighted by molar-refractivity contribution is 5.82. The van der Waals surface area contributed by atoms with Crippen molar-refractivity contribution in [1.82, 2.24) is 9.78 Å². The first-order valence-electron chi connectivity index (χ1n) is 4.46. The highest BCUT2D eigenvalue weighted by Gasteiger charge is 2.07. The second kappa shape index (κ2) is 3.31. The van der Waals surface area contributed by atoms with Crippen LogP contribution in [0.5, 0.6) is 5.75 Å². The topological polar surface area (TPSA) is 53.1 Å². The molecule has 0 atom stereocenters. The molecule has 4 nitrogen and oxygen atoms in total. The first-order valence-corrected chi connectivity index (χ1v) is 4.46. The number of benzene rings is 1. The van der Waals surface area contributed by atoms with E-state index in [0.29, 0.717) is 6.54 Å². The summed E-state index contributed by atoms with van der Waals surface area (Å²) in [6.07, 6.45) is 0. The number of fused-ring (bicyclic) bond motifs is 1. The van der Waals surface area contributed by atoms with Gasteiger partial charge in [0.1, 0.15) is 5.75 Å². The molecular formula is C10H13N3O. The molecule has 0 saturated heterocycles. The fourth-order valence-electron chi connectivity index (χ4n) is 1.60. The molecule has 0 spiro atoms. The van der Waals surface area contributed by atoms with Crippen LogP contribution in [0.2, 0.25) is 0 Å². The Balaban J connectivity index is 2.68. The van der Waals surface area contributed by atoms with Crippen LogP contribution in [0.1, 0.15) is 5.69 Å². The van der Waals surface area contributed by atoms with Gasteiger partial charge in [0.05, 0.1) is 18.3 Å². The van der Waals surface area contributed by atoms with Crippen LogP contribution in [-0.4, -0.2) is 16.9 Å². The molecule has 0 unspecified atom stereocenters. The summed E-state index contributed by atoms with van der Waals surface area (Å²) < 4.78 is 6.93. The minimum atomic E-state index is 0.499. The Hall–Kier alpha value is -1.55. The van der Waals surface area contributed by atoms with E-state index in [1.807, 2.05) is 29.9 Å². The summed E-state index contributed by atoms with van der Waals surface area (Å²) in [6, 6.07) is 5.82. The zero-order valence-electron chi connectivity index (χ0n) is 8.32. The van der Waals surface area contributed by atoms with Crippen molar-refractivity contribution < 1.29 is 4.74 Å². The number of nitrogens with zero attached hydrogens (tertiary/aromatic N) is 2. The lowest BCUT2D eigenvalue weighted by Crippen LogP contribution is -2.04. The average molecular weight is 191 g/mol. The van der Waals surface area contributed by atoms with Gasteiger partial charge in [-0.1, -0.05) is 0 Å². The molecule has 0 aliphatic rings. The number of ether oxygens (including phenoxy) is 1. The molecule has 2 rings (SSSR count). The quantitative estimate of drug-likeness (QED) is 0.771. The normalized spacial score (nSPS) is 10.8. The fourth-order valence-corrected chi connectivity index (χ4v) is 1.60. The molecule has 0 fully saturated rings. The molecule has 0 radical (unpaired) electrons. The maximum atomic E-state index is 5.64. The molecule has 0 aliphatic carbocycles. The molecule has 14 heavy (non-hydrogen) atoms. The molecule has 2 N–H and O–H groups in total. The zero-order valence-corrected chi connectivity index (χ0v) is 8.32. The molecular weight excluding hydrogens is 178 g/mol. The van der Waals surface area contributed by atoms with Crippen LogP contribution in [0.15, 0.2) is 18.2 Å². The van der Waals surface area contributed by atoms with Crippen LogP contribution in [0.4, 0.5) is 0 Å². The van der Waals surface area contributed by atoms with Gasteiger partial charge in [-0.2, -0.15) is 5.10 Å². The molecule has 1 heterocycles. The summed E-state index contributed by atoms with van der Waals surface area (Å²) >= 11 is 0. The predicted molar refractivity (Wildman–Crippen MR) is 55.2 cm³/mol. The van der Waals surface area contributed by atoms with E-state index in [-0.39, 0.29) is 0 Å². The van der Waals surface area contributed by atoms with E-state index in [9.17, 15) is 0 Å². The molecule has 0 bridgehead atoms. The molecule has 0 aliphatic heterocycles. The molecule has 0 amide bonds. The van der Waals surface area contributed by atoms with Crippen molar-refractivity contribution in [3.8, 4) is 5.75 Å². The van der Waals surface area contributed by atoms with Crippen molar-refractivity contribution in [3.05, 3.63) is 23.9 Å². The van der Waals surface area contributed by atoms with Crippen LogP contribution < -0.4 is 10.5 Å². The first kappa shape index (κ1) is 9.02. The third-order valence-electron chi connectivity index (χ3n) is 2.36. The second-order valence-corrected chi connectivity index (χ2v) is 3.16. The van der Waals surface area contributed by atoms with E-state index in [1.54, 1.807) is 7.11 Å². The van der Waals surface area contributed by atoms with Gasteiger partial charge >= 0.3 is 0 Å². The number of rotatable bonds is 2. The van der Waals surface area contributed by atoms with Crippen LogP contribution in [0, 0.1) is 0 Å². The highest BCUT2D eigenvalue weighted by Crippen LogP contribution is 2.22. The first-order chi connectivity index (χ1) is 6.76. The standard InChI is InChI=1S/C10H13N3O/c1-13-10(6-11)8-4-3-7(14-2)5-9(8)12-13/h3-5H,6,11H2,1-2H3. The minimum absolute atomic E-state index is 0.499. The molecule has 1 aromatic carbocycles. The third-order valence-corrected chi connectivity index (χ3v) is 2.36. The van der Waals surface area contributed by atoms with Gasteiger partial charge in [-0.25, -0.2) is 0 Å². The number of hydrogen-bond donors (Lipinski definition) is 1. The Kier molecular flexibility index (Phi) is 2.13. The summed E-state index contributed by atoms with van der Waals surface area (Å²) in [5.74, 6) is 0.819. The summed E-state index contributed by atoms with van der Waals surface area (Å²) in [4.78, 5) is 0. The molecule has 4 heteroatoms. The van der Waals surface area contributed by atoms with Crippen molar-refractivity contribution in [3.63, 3.8) is 0 Å². The summed E-state index contributed by atoms with van der Waals surface area (Å²) in [5, 5.41) is 5.44. The van der Waals surface area contributed by atoms with Gasteiger partial charge in [0.25, 0.3) is 0 Å². The summed E-state index contributed by atoms with van der Waals surface area (Å²) in [5.41, 5.74) is 7.61. The Morgan fingerprint density at radius 3 is 2.93 bits per heavy atom.